The van der Waals surface area contributed by atoms with Gasteiger partial charge in [-0.3, -0.25) is 11.3 Å². The topological polar surface area (TPSA) is 56.5 Å². The molecule has 2 unspecified atom stereocenters. The Kier molecular flexibility index (Phi) is 6.72. The molecule has 0 aliphatic heterocycles. The number of nitrogens with two attached hydrogens (primary N) is 1. The average Bonchev–Trinajstić information content (AvgIpc) is 2.37. The van der Waals surface area contributed by atoms with Gasteiger partial charge >= 0.3 is 0 Å². The second-order valence-corrected chi connectivity index (χ2v) is 4.52. The molecule has 0 radical (unpaired) electrons. The summed E-state index contributed by atoms with van der Waals surface area (Å²) in [6.45, 7) is 5.54. The minimum absolute atomic E-state index is 0.121. The maximum Gasteiger partial charge on any atom is 0.119 e. The van der Waals surface area contributed by atoms with E-state index in [1.54, 1.807) is 7.11 Å². The first-order valence-corrected chi connectivity index (χ1v) is 6.39. The first kappa shape index (κ1) is 15.0. The molecule has 1 aromatic carbocycles. The van der Waals surface area contributed by atoms with Gasteiger partial charge in [-0.15, -0.1) is 0 Å². The van der Waals surface area contributed by atoms with E-state index in [0.29, 0.717) is 12.5 Å². The van der Waals surface area contributed by atoms with Crippen LogP contribution < -0.4 is 16.0 Å². The summed E-state index contributed by atoms with van der Waals surface area (Å²) >= 11 is 0. The first-order chi connectivity index (χ1) is 8.71. The van der Waals surface area contributed by atoms with Gasteiger partial charge in [0, 0.05) is 19.8 Å². The third kappa shape index (κ3) is 4.64. The lowest BCUT2D eigenvalue weighted by Gasteiger charge is -2.20. The Balaban J connectivity index is 2.71. The van der Waals surface area contributed by atoms with E-state index in [1.807, 2.05) is 25.1 Å². The van der Waals surface area contributed by atoms with Crippen LogP contribution >= 0.6 is 0 Å². The molecule has 0 fully saturated rings. The molecule has 0 aliphatic carbocycles. The van der Waals surface area contributed by atoms with Gasteiger partial charge in [0.05, 0.1) is 6.61 Å². The Morgan fingerprint density at radius 3 is 2.78 bits per heavy atom. The van der Waals surface area contributed by atoms with Crippen LogP contribution in [0.1, 0.15) is 31.9 Å². The predicted molar refractivity (Wildman–Crippen MR) is 73.3 cm³/mol. The molecule has 1 aromatic rings. The van der Waals surface area contributed by atoms with E-state index < -0.39 is 0 Å². The van der Waals surface area contributed by atoms with Crippen molar-refractivity contribution in [3.8, 4) is 5.75 Å². The normalized spacial score (nSPS) is 14.2. The lowest BCUT2D eigenvalue weighted by atomic mass is 9.96. The van der Waals surface area contributed by atoms with Crippen LogP contribution in [0.15, 0.2) is 24.3 Å². The number of hydrogen-bond acceptors (Lipinski definition) is 4. The number of rotatable bonds is 8. The van der Waals surface area contributed by atoms with E-state index in [4.69, 9.17) is 15.3 Å². The van der Waals surface area contributed by atoms with Crippen LogP contribution in [-0.2, 0) is 4.74 Å². The molecular formula is C14H24N2O2. The minimum Gasteiger partial charge on any atom is -0.494 e. The fourth-order valence-corrected chi connectivity index (χ4v) is 2.04. The van der Waals surface area contributed by atoms with Crippen LogP contribution in [0.4, 0.5) is 0 Å². The molecule has 1 rings (SSSR count). The zero-order valence-electron chi connectivity index (χ0n) is 11.5. The van der Waals surface area contributed by atoms with Crippen molar-refractivity contribution >= 4 is 0 Å². The van der Waals surface area contributed by atoms with E-state index in [9.17, 15) is 0 Å². The molecule has 18 heavy (non-hydrogen) atoms. The van der Waals surface area contributed by atoms with E-state index in [2.05, 4.69) is 18.4 Å². The highest BCUT2D eigenvalue weighted by Crippen LogP contribution is 2.24. The molecule has 102 valence electrons. The molecule has 0 saturated heterocycles. The molecule has 0 aromatic heterocycles. The van der Waals surface area contributed by atoms with Crippen molar-refractivity contribution in [2.24, 2.45) is 11.8 Å². The zero-order chi connectivity index (χ0) is 13.4. The number of hydrogen-bond donors (Lipinski definition) is 2. The molecule has 3 N–H and O–H groups in total. The predicted octanol–water partition coefficient (Wildman–Crippen LogP) is 2.26. The summed E-state index contributed by atoms with van der Waals surface area (Å²) in [5.74, 6) is 6.98. The summed E-state index contributed by atoms with van der Waals surface area (Å²) in [7, 11) is 1.72. The Hall–Kier alpha value is -1.10. The maximum atomic E-state index is 5.64. The number of methoxy groups -OCH3 is 1. The van der Waals surface area contributed by atoms with E-state index in [0.717, 1.165) is 24.3 Å². The van der Waals surface area contributed by atoms with Crippen LogP contribution in [0.2, 0.25) is 0 Å². The van der Waals surface area contributed by atoms with Gasteiger partial charge in [0.2, 0.25) is 0 Å². The third-order valence-corrected chi connectivity index (χ3v) is 2.86. The summed E-state index contributed by atoms with van der Waals surface area (Å²) in [5.41, 5.74) is 4.01. The van der Waals surface area contributed by atoms with Crippen LogP contribution in [0.5, 0.6) is 5.75 Å². The van der Waals surface area contributed by atoms with Crippen molar-refractivity contribution in [2.75, 3.05) is 20.3 Å². The van der Waals surface area contributed by atoms with Crippen LogP contribution in [0.25, 0.3) is 0 Å². The van der Waals surface area contributed by atoms with Crippen molar-refractivity contribution in [1.82, 2.24) is 5.43 Å². The molecular weight excluding hydrogens is 228 g/mol. The molecule has 0 saturated carbocycles. The highest BCUT2D eigenvalue weighted by molar-refractivity contribution is 5.30. The SMILES string of the molecule is CCOc1cccc(C(CC(C)COC)NN)c1. The van der Waals surface area contributed by atoms with Gasteiger partial charge in [0.1, 0.15) is 5.75 Å². The Morgan fingerprint density at radius 2 is 2.17 bits per heavy atom. The van der Waals surface area contributed by atoms with Crippen molar-refractivity contribution in [3.63, 3.8) is 0 Å². The highest BCUT2D eigenvalue weighted by atomic mass is 16.5. The van der Waals surface area contributed by atoms with Gasteiger partial charge in [-0.05, 0) is 37.0 Å². The van der Waals surface area contributed by atoms with Crippen LogP contribution in [0.3, 0.4) is 0 Å². The summed E-state index contributed by atoms with van der Waals surface area (Å²) in [5, 5.41) is 0. The van der Waals surface area contributed by atoms with Crippen molar-refractivity contribution in [1.29, 1.82) is 0 Å². The molecule has 4 nitrogen and oxygen atoms in total. The molecule has 0 heterocycles. The Bertz CT molecular complexity index is 344. The zero-order valence-corrected chi connectivity index (χ0v) is 11.5. The Labute approximate surface area is 109 Å². The Morgan fingerprint density at radius 1 is 1.39 bits per heavy atom. The maximum absolute atomic E-state index is 5.64. The minimum atomic E-state index is 0.121. The standard InChI is InChI=1S/C14H24N2O2/c1-4-18-13-7-5-6-12(9-13)14(16-15)8-11(2)10-17-3/h5-7,9,11,14,16H,4,8,10,15H2,1-3H3. The van der Waals surface area contributed by atoms with Crippen molar-refractivity contribution in [3.05, 3.63) is 29.8 Å². The molecule has 0 aliphatic rings. The van der Waals surface area contributed by atoms with Gasteiger partial charge in [-0.1, -0.05) is 19.1 Å². The number of ether oxygens (including phenoxy) is 2. The summed E-state index contributed by atoms with van der Waals surface area (Å²) < 4.78 is 10.7. The lowest BCUT2D eigenvalue weighted by molar-refractivity contribution is 0.149. The molecule has 2 atom stereocenters. The summed E-state index contributed by atoms with van der Waals surface area (Å²) in [6, 6.07) is 8.17. The van der Waals surface area contributed by atoms with Crippen molar-refractivity contribution in [2.45, 2.75) is 26.3 Å². The van der Waals surface area contributed by atoms with E-state index in [1.165, 1.54) is 0 Å². The van der Waals surface area contributed by atoms with Gasteiger partial charge in [-0.2, -0.15) is 0 Å². The third-order valence-electron chi connectivity index (χ3n) is 2.86. The molecule has 0 bridgehead atoms. The lowest BCUT2D eigenvalue weighted by Crippen LogP contribution is -2.30. The molecule has 4 heteroatoms. The monoisotopic (exact) mass is 252 g/mol. The first-order valence-electron chi connectivity index (χ1n) is 6.39. The van der Waals surface area contributed by atoms with Gasteiger partial charge in [-0.25, -0.2) is 0 Å². The second kappa shape index (κ2) is 8.08. The quantitative estimate of drug-likeness (QED) is 0.550. The molecule has 0 spiro atoms. The largest absolute Gasteiger partial charge is 0.494 e. The summed E-state index contributed by atoms with van der Waals surface area (Å²) in [4.78, 5) is 0. The highest BCUT2D eigenvalue weighted by Gasteiger charge is 2.14. The van der Waals surface area contributed by atoms with Crippen molar-refractivity contribution < 1.29 is 9.47 Å². The van der Waals surface area contributed by atoms with E-state index in [-0.39, 0.29) is 6.04 Å². The molecule has 0 amide bonds. The second-order valence-electron chi connectivity index (χ2n) is 4.52. The smallest absolute Gasteiger partial charge is 0.119 e. The summed E-state index contributed by atoms with van der Waals surface area (Å²) in [6.07, 6.45) is 0.930. The fourth-order valence-electron chi connectivity index (χ4n) is 2.04. The number of nitrogens with one attached hydrogen (secondary N) is 1. The van der Waals surface area contributed by atoms with Crippen LogP contribution in [0, 0.1) is 5.92 Å². The van der Waals surface area contributed by atoms with Gasteiger partial charge in [0.15, 0.2) is 0 Å². The van der Waals surface area contributed by atoms with E-state index >= 15 is 0 Å². The van der Waals surface area contributed by atoms with Gasteiger partial charge < -0.3 is 9.47 Å². The average molecular weight is 252 g/mol. The van der Waals surface area contributed by atoms with Gasteiger partial charge in [0.25, 0.3) is 0 Å². The number of hydrazine groups is 1. The van der Waals surface area contributed by atoms with Crippen LogP contribution in [-0.4, -0.2) is 20.3 Å². The fraction of sp³-hybridized carbons (Fsp3) is 0.571. The number of benzene rings is 1.